The first-order valence-electron chi connectivity index (χ1n) is 5.31. The van der Waals surface area contributed by atoms with E-state index in [1.165, 1.54) is 12.1 Å². The van der Waals surface area contributed by atoms with Crippen LogP contribution in [0, 0.1) is 0 Å². The van der Waals surface area contributed by atoms with Crippen molar-refractivity contribution in [2.24, 2.45) is 0 Å². The fourth-order valence-corrected chi connectivity index (χ4v) is 2.00. The van der Waals surface area contributed by atoms with Gasteiger partial charge in [-0.2, -0.15) is 0 Å². The van der Waals surface area contributed by atoms with Crippen LogP contribution in [0.5, 0.6) is 0 Å². The van der Waals surface area contributed by atoms with Crippen molar-refractivity contribution < 1.29 is 27.5 Å². The lowest BCUT2D eigenvalue weighted by Gasteiger charge is -2.05. The molecule has 1 aromatic heterocycles. The molecule has 0 saturated heterocycles. The zero-order valence-corrected chi connectivity index (χ0v) is 10.7. The highest BCUT2D eigenvalue weighted by atomic mass is 32.2. The molecule has 2 N–H and O–H groups in total. The van der Waals surface area contributed by atoms with E-state index in [0.29, 0.717) is 6.61 Å². The second kappa shape index (κ2) is 6.53. The zero-order valence-electron chi connectivity index (χ0n) is 9.88. The molecule has 0 radical (unpaired) electrons. The summed E-state index contributed by atoms with van der Waals surface area (Å²) in [5.41, 5.74) is 0. The third-order valence-corrected chi connectivity index (χ3v) is 3.33. The number of sulfonamides is 1. The first-order chi connectivity index (χ1) is 8.44. The Bertz CT molecular complexity index is 492. The van der Waals surface area contributed by atoms with Crippen molar-refractivity contribution in [3.05, 3.63) is 23.7 Å². The number of furan rings is 1. The Balaban J connectivity index is 2.46. The van der Waals surface area contributed by atoms with E-state index in [0.717, 1.165) is 0 Å². The smallest absolute Gasteiger partial charge is 0.371 e. The molecule has 0 saturated carbocycles. The number of hydrogen-bond acceptors (Lipinski definition) is 5. The van der Waals surface area contributed by atoms with Gasteiger partial charge in [-0.3, -0.25) is 0 Å². The Labute approximate surface area is 105 Å². The number of aromatic carboxylic acids is 1. The van der Waals surface area contributed by atoms with Crippen LogP contribution in [0.25, 0.3) is 0 Å². The Morgan fingerprint density at radius 2 is 2.22 bits per heavy atom. The average Bonchev–Trinajstić information content (AvgIpc) is 2.75. The first kappa shape index (κ1) is 14.7. The maximum absolute atomic E-state index is 11.5. The van der Waals surface area contributed by atoms with Crippen LogP contribution in [0.4, 0.5) is 0 Å². The van der Waals surface area contributed by atoms with Crippen molar-refractivity contribution in [3.8, 4) is 0 Å². The molecule has 102 valence electrons. The molecule has 1 aromatic rings. The van der Waals surface area contributed by atoms with Crippen molar-refractivity contribution >= 4 is 16.0 Å². The van der Waals surface area contributed by atoms with Gasteiger partial charge in [-0.1, -0.05) is 0 Å². The third kappa shape index (κ3) is 4.86. The largest absolute Gasteiger partial charge is 0.475 e. The fraction of sp³-hybridized carbons (Fsp3) is 0.500. The standard InChI is InChI=1S/C10H15NO6S/c1-2-16-5-6-18(14,15)11-7-8-3-4-9(17-8)10(12)13/h3-4,11H,2,5-7H2,1H3,(H,12,13). The number of carbonyl (C=O) groups is 1. The second-order valence-electron chi connectivity index (χ2n) is 3.41. The van der Waals surface area contributed by atoms with Gasteiger partial charge in [0.25, 0.3) is 0 Å². The van der Waals surface area contributed by atoms with E-state index in [1.54, 1.807) is 6.92 Å². The Kier molecular flexibility index (Phi) is 5.32. The van der Waals surface area contributed by atoms with Crippen LogP contribution in [0.15, 0.2) is 16.5 Å². The Hall–Kier alpha value is -1.38. The number of carboxylic acids is 1. The molecule has 0 spiro atoms. The van der Waals surface area contributed by atoms with Gasteiger partial charge in [-0.25, -0.2) is 17.9 Å². The molecule has 0 aromatic carbocycles. The van der Waals surface area contributed by atoms with Gasteiger partial charge in [-0.15, -0.1) is 0 Å². The number of carboxylic acid groups (broad SMARTS) is 1. The second-order valence-corrected chi connectivity index (χ2v) is 5.33. The minimum Gasteiger partial charge on any atom is -0.475 e. The van der Waals surface area contributed by atoms with Gasteiger partial charge in [0.2, 0.25) is 15.8 Å². The van der Waals surface area contributed by atoms with Gasteiger partial charge in [-0.05, 0) is 19.1 Å². The molecule has 0 aliphatic rings. The van der Waals surface area contributed by atoms with Gasteiger partial charge < -0.3 is 14.3 Å². The van der Waals surface area contributed by atoms with Crippen LogP contribution < -0.4 is 4.72 Å². The molecule has 7 nitrogen and oxygen atoms in total. The van der Waals surface area contributed by atoms with Gasteiger partial charge in [0, 0.05) is 6.61 Å². The zero-order chi connectivity index (χ0) is 13.6. The van der Waals surface area contributed by atoms with E-state index in [9.17, 15) is 13.2 Å². The Morgan fingerprint density at radius 3 is 2.78 bits per heavy atom. The molecule has 0 aliphatic heterocycles. The molecule has 0 bridgehead atoms. The summed E-state index contributed by atoms with van der Waals surface area (Å²) in [6.07, 6.45) is 0. The summed E-state index contributed by atoms with van der Waals surface area (Å²) >= 11 is 0. The molecular weight excluding hydrogens is 262 g/mol. The number of rotatable bonds is 8. The normalized spacial score (nSPS) is 11.6. The van der Waals surface area contributed by atoms with E-state index >= 15 is 0 Å². The van der Waals surface area contributed by atoms with E-state index in [1.807, 2.05) is 0 Å². The SMILES string of the molecule is CCOCCS(=O)(=O)NCc1ccc(C(=O)O)o1. The van der Waals surface area contributed by atoms with E-state index in [4.69, 9.17) is 14.3 Å². The molecule has 0 aliphatic carbocycles. The maximum Gasteiger partial charge on any atom is 0.371 e. The fourth-order valence-electron chi connectivity index (χ4n) is 1.15. The lowest BCUT2D eigenvalue weighted by atomic mass is 10.4. The molecule has 18 heavy (non-hydrogen) atoms. The number of ether oxygens (including phenoxy) is 1. The minimum atomic E-state index is -3.45. The molecule has 1 rings (SSSR count). The van der Waals surface area contributed by atoms with Crippen molar-refractivity contribution in [2.45, 2.75) is 13.5 Å². The minimum absolute atomic E-state index is 0.0816. The Morgan fingerprint density at radius 1 is 1.50 bits per heavy atom. The summed E-state index contributed by atoms with van der Waals surface area (Å²) < 4.78 is 35.1. The van der Waals surface area contributed by atoms with Crippen LogP contribution in [0.1, 0.15) is 23.2 Å². The van der Waals surface area contributed by atoms with E-state index in [-0.39, 0.29) is 30.4 Å². The molecule has 0 amide bonds. The quantitative estimate of drug-likeness (QED) is 0.668. The highest BCUT2D eigenvalue weighted by Crippen LogP contribution is 2.07. The summed E-state index contributed by atoms with van der Waals surface area (Å²) in [7, 11) is -3.45. The summed E-state index contributed by atoms with van der Waals surface area (Å²) in [6, 6.07) is 2.68. The highest BCUT2D eigenvalue weighted by Gasteiger charge is 2.13. The molecule has 0 unspecified atom stereocenters. The van der Waals surface area contributed by atoms with Crippen molar-refractivity contribution in [3.63, 3.8) is 0 Å². The van der Waals surface area contributed by atoms with Gasteiger partial charge >= 0.3 is 5.97 Å². The van der Waals surface area contributed by atoms with Gasteiger partial charge in [0.05, 0.1) is 18.9 Å². The lowest BCUT2D eigenvalue weighted by molar-refractivity contribution is 0.0660. The molecule has 8 heteroatoms. The summed E-state index contributed by atoms with van der Waals surface area (Å²) in [5, 5.41) is 8.62. The van der Waals surface area contributed by atoms with Crippen LogP contribution in [0.3, 0.4) is 0 Å². The molecule has 0 fully saturated rings. The highest BCUT2D eigenvalue weighted by molar-refractivity contribution is 7.89. The van der Waals surface area contributed by atoms with Crippen LogP contribution in [0.2, 0.25) is 0 Å². The van der Waals surface area contributed by atoms with Gasteiger partial charge in [0.15, 0.2) is 0 Å². The molecule has 1 heterocycles. The van der Waals surface area contributed by atoms with Crippen molar-refractivity contribution in [1.82, 2.24) is 4.72 Å². The predicted molar refractivity (Wildman–Crippen MR) is 62.8 cm³/mol. The average molecular weight is 277 g/mol. The molecule has 0 atom stereocenters. The van der Waals surface area contributed by atoms with Crippen LogP contribution in [-0.2, 0) is 21.3 Å². The van der Waals surface area contributed by atoms with Crippen LogP contribution >= 0.6 is 0 Å². The topological polar surface area (TPSA) is 106 Å². The monoisotopic (exact) mass is 277 g/mol. The summed E-state index contributed by atoms with van der Waals surface area (Å²) in [6.45, 7) is 2.26. The van der Waals surface area contributed by atoms with E-state index < -0.39 is 16.0 Å². The lowest BCUT2D eigenvalue weighted by Crippen LogP contribution is -2.27. The number of nitrogens with one attached hydrogen (secondary N) is 1. The summed E-state index contributed by atoms with van der Waals surface area (Å²) in [4.78, 5) is 10.5. The van der Waals surface area contributed by atoms with Crippen molar-refractivity contribution in [1.29, 1.82) is 0 Å². The predicted octanol–water partition coefficient (Wildman–Crippen LogP) is 0.434. The molecular formula is C10H15NO6S. The van der Waals surface area contributed by atoms with Crippen molar-refractivity contribution in [2.75, 3.05) is 19.0 Å². The third-order valence-electron chi connectivity index (χ3n) is 2.04. The van der Waals surface area contributed by atoms with E-state index in [2.05, 4.69) is 4.72 Å². The van der Waals surface area contributed by atoms with Gasteiger partial charge in [0.1, 0.15) is 5.76 Å². The first-order valence-corrected chi connectivity index (χ1v) is 6.97. The number of hydrogen-bond donors (Lipinski definition) is 2. The van der Waals surface area contributed by atoms with Crippen LogP contribution in [-0.4, -0.2) is 38.5 Å². The summed E-state index contributed by atoms with van der Waals surface area (Å²) in [5.74, 6) is -1.32. The maximum atomic E-state index is 11.5.